The first-order valence-corrected chi connectivity index (χ1v) is 8.55. The molecule has 0 bridgehead atoms. The van der Waals surface area contributed by atoms with Crippen molar-refractivity contribution in [3.63, 3.8) is 0 Å². The summed E-state index contributed by atoms with van der Waals surface area (Å²) in [5.74, 6) is -1.29. The molecule has 2 N–H and O–H groups in total. The Bertz CT molecular complexity index is 790. The minimum atomic E-state index is -3.87. The van der Waals surface area contributed by atoms with Gasteiger partial charge < -0.3 is 5.11 Å². The van der Waals surface area contributed by atoms with Crippen molar-refractivity contribution in [3.05, 3.63) is 56.6 Å². The summed E-state index contributed by atoms with van der Waals surface area (Å²) in [6, 6.07) is 10.3. The van der Waals surface area contributed by atoms with Gasteiger partial charge in [-0.05, 0) is 65.1 Å². The van der Waals surface area contributed by atoms with Crippen LogP contribution in [0.2, 0.25) is 5.02 Å². The molecule has 0 fully saturated rings. The summed E-state index contributed by atoms with van der Waals surface area (Å²) in [5.41, 5.74) is 0.129. The second kappa shape index (κ2) is 6.20. The van der Waals surface area contributed by atoms with Crippen LogP contribution in [0, 0.1) is 3.57 Å². The van der Waals surface area contributed by atoms with Crippen LogP contribution in [0.5, 0.6) is 0 Å². The number of aromatic carboxylic acids is 1. The van der Waals surface area contributed by atoms with Gasteiger partial charge in [0.05, 0.1) is 15.5 Å². The Labute approximate surface area is 140 Å². The highest BCUT2D eigenvalue weighted by Gasteiger charge is 2.18. The van der Waals surface area contributed by atoms with E-state index >= 15 is 0 Å². The minimum absolute atomic E-state index is 0.0179. The number of halogens is 2. The standard InChI is InChI=1S/C13H9ClINO4S/c14-12-6-5-10(7-11(12)13(17)18)21(19,20)16-9-3-1-8(15)2-4-9/h1-7,16H,(H,17,18). The number of hydrogen-bond acceptors (Lipinski definition) is 3. The van der Waals surface area contributed by atoms with Crippen molar-refractivity contribution in [2.75, 3.05) is 4.72 Å². The zero-order valence-corrected chi connectivity index (χ0v) is 14.1. The molecule has 2 aromatic carbocycles. The van der Waals surface area contributed by atoms with Crippen LogP contribution in [0.3, 0.4) is 0 Å². The Kier molecular flexibility index (Phi) is 4.74. The van der Waals surface area contributed by atoms with Gasteiger partial charge in [-0.25, -0.2) is 13.2 Å². The van der Waals surface area contributed by atoms with Crippen LogP contribution in [0.15, 0.2) is 47.4 Å². The predicted molar refractivity (Wildman–Crippen MR) is 88.4 cm³/mol. The number of anilines is 1. The molecule has 2 rings (SSSR count). The maximum atomic E-state index is 12.2. The first-order chi connectivity index (χ1) is 9.79. The van der Waals surface area contributed by atoms with Crippen molar-refractivity contribution in [2.24, 2.45) is 0 Å². The molecule has 0 saturated carbocycles. The number of carbonyl (C=O) groups is 1. The smallest absolute Gasteiger partial charge is 0.337 e. The number of hydrogen-bond donors (Lipinski definition) is 2. The van der Waals surface area contributed by atoms with Gasteiger partial charge in [0, 0.05) is 9.26 Å². The summed E-state index contributed by atoms with van der Waals surface area (Å²) in [5, 5.41) is 8.96. The van der Waals surface area contributed by atoms with Gasteiger partial charge in [-0.2, -0.15) is 0 Å². The Morgan fingerprint density at radius 2 is 1.76 bits per heavy atom. The van der Waals surface area contributed by atoms with Crippen LogP contribution in [-0.2, 0) is 10.0 Å². The van der Waals surface area contributed by atoms with Gasteiger partial charge in [0.2, 0.25) is 0 Å². The fraction of sp³-hybridized carbons (Fsp3) is 0. The van der Waals surface area contributed by atoms with Gasteiger partial charge in [0.15, 0.2) is 0 Å². The number of benzene rings is 2. The molecule has 5 nitrogen and oxygen atoms in total. The lowest BCUT2D eigenvalue weighted by Gasteiger charge is -2.09. The molecule has 21 heavy (non-hydrogen) atoms. The summed E-state index contributed by atoms with van der Waals surface area (Å²) in [6.45, 7) is 0. The summed E-state index contributed by atoms with van der Waals surface area (Å²) < 4.78 is 27.8. The van der Waals surface area contributed by atoms with Crippen LogP contribution in [0.1, 0.15) is 10.4 Å². The molecule has 0 amide bonds. The third-order valence-corrected chi connectivity index (χ3v) is 5.00. The third kappa shape index (κ3) is 3.86. The molecule has 0 radical (unpaired) electrons. The summed E-state index contributed by atoms with van der Waals surface area (Å²) in [4.78, 5) is 10.8. The number of nitrogens with one attached hydrogen (secondary N) is 1. The van der Waals surface area contributed by atoms with Crippen molar-refractivity contribution in [2.45, 2.75) is 4.90 Å². The molecule has 0 saturated heterocycles. The molecule has 0 unspecified atom stereocenters. The van der Waals surface area contributed by atoms with Crippen molar-refractivity contribution in [1.29, 1.82) is 0 Å². The predicted octanol–water partition coefficient (Wildman–Crippen LogP) is 3.44. The molecule has 0 aliphatic rings. The van der Waals surface area contributed by atoms with E-state index in [4.69, 9.17) is 16.7 Å². The zero-order valence-electron chi connectivity index (χ0n) is 10.4. The lowest BCUT2D eigenvalue weighted by molar-refractivity contribution is 0.0697. The van der Waals surface area contributed by atoms with Crippen molar-refractivity contribution < 1.29 is 18.3 Å². The van der Waals surface area contributed by atoms with Crippen LogP contribution in [0.25, 0.3) is 0 Å². The average Bonchev–Trinajstić information content (AvgIpc) is 2.41. The Balaban J connectivity index is 2.38. The highest BCUT2D eigenvalue weighted by Crippen LogP contribution is 2.22. The van der Waals surface area contributed by atoms with E-state index in [1.165, 1.54) is 12.1 Å². The van der Waals surface area contributed by atoms with Gasteiger partial charge in [0.1, 0.15) is 0 Å². The zero-order chi connectivity index (χ0) is 15.6. The van der Waals surface area contributed by atoms with E-state index < -0.39 is 16.0 Å². The average molecular weight is 438 g/mol. The summed E-state index contributed by atoms with van der Waals surface area (Å²) >= 11 is 7.83. The number of sulfonamides is 1. The van der Waals surface area contributed by atoms with E-state index in [2.05, 4.69) is 27.3 Å². The summed E-state index contributed by atoms with van der Waals surface area (Å²) in [6.07, 6.45) is 0. The minimum Gasteiger partial charge on any atom is -0.478 e. The van der Waals surface area contributed by atoms with Crippen LogP contribution < -0.4 is 4.72 Å². The third-order valence-electron chi connectivity index (χ3n) is 2.57. The molecule has 0 spiro atoms. The first kappa shape index (κ1) is 16.1. The molecule has 0 aliphatic carbocycles. The van der Waals surface area contributed by atoms with E-state index in [1.54, 1.807) is 24.3 Å². The van der Waals surface area contributed by atoms with Gasteiger partial charge in [-0.15, -0.1) is 0 Å². The highest BCUT2D eigenvalue weighted by molar-refractivity contribution is 14.1. The highest BCUT2D eigenvalue weighted by atomic mass is 127. The molecule has 0 aromatic heterocycles. The monoisotopic (exact) mass is 437 g/mol. The molecule has 2 aromatic rings. The van der Waals surface area contributed by atoms with E-state index in [9.17, 15) is 13.2 Å². The van der Waals surface area contributed by atoms with Crippen LogP contribution in [-0.4, -0.2) is 19.5 Å². The van der Waals surface area contributed by atoms with Gasteiger partial charge in [-0.3, -0.25) is 4.72 Å². The molecule has 0 atom stereocenters. The first-order valence-electron chi connectivity index (χ1n) is 5.61. The Morgan fingerprint density at radius 3 is 2.33 bits per heavy atom. The molecular formula is C13H9ClINO4S. The molecule has 110 valence electrons. The van der Waals surface area contributed by atoms with Crippen molar-refractivity contribution in [1.82, 2.24) is 0 Å². The Morgan fingerprint density at radius 1 is 1.14 bits per heavy atom. The maximum Gasteiger partial charge on any atom is 0.337 e. The number of rotatable bonds is 4. The fourth-order valence-corrected chi connectivity index (χ4v) is 3.21. The normalized spacial score (nSPS) is 11.1. The number of carboxylic acids is 1. The van der Waals surface area contributed by atoms with Gasteiger partial charge in [0.25, 0.3) is 10.0 Å². The topological polar surface area (TPSA) is 83.5 Å². The SMILES string of the molecule is O=C(O)c1cc(S(=O)(=O)Nc2ccc(I)cc2)ccc1Cl. The lowest BCUT2D eigenvalue weighted by Crippen LogP contribution is -2.14. The summed E-state index contributed by atoms with van der Waals surface area (Å²) in [7, 11) is -3.87. The van der Waals surface area contributed by atoms with E-state index in [0.717, 1.165) is 9.64 Å². The molecular weight excluding hydrogens is 429 g/mol. The fourth-order valence-electron chi connectivity index (χ4n) is 1.57. The van der Waals surface area contributed by atoms with E-state index in [1.807, 2.05) is 0 Å². The van der Waals surface area contributed by atoms with E-state index in [0.29, 0.717) is 5.69 Å². The van der Waals surface area contributed by atoms with Crippen LogP contribution in [0.4, 0.5) is 5.69 Å². The molecule has 0 aliphatic heterocycles. The van der Waals surface area contributed by atoms with Gasteiger partial charge in [-0.1, -0.05) is 11.6 Å². The van der Waals surface area contributed by atoms with E-state index in [-0.39, 0.29) is 15.5 Å². The van der Waals surface area contributed by atoms with Crippen molar-refractivity contribution >= 4 is 55.9 Å². The van der Waals surface area contributed by atoms with Crippen LogP contribution >= 0.6 is 34.2 Å². The largest absolute Gasteiger partial charge is 0.478 e. The lowest BCUT2D eigenvalue weighted by atomic mass is 10.2. The second-order valence-corrected chi connectivity index (χ2v) is 7.39. The van der Waals surface area contributed by atoms with Crippen molar-refractivity contribution in [3.8, 4) is 0 Å². The quantitative estimate of drug-likeness (QED) is 0.718. The second-order valence-electron chi connectivity index (χ2n) is 4.06. The van der Waals surface area contributed by atoms with Gasteiger partial charge >= 0.3 is 5.97 Å². The number of carboxylic acid groups (broad SMARTS) is 1. The molecule has 0 heterocycles. The molecule has 8 heteroatoms. The maximum absolute atomic E-state index is 12.2. The Hall–Kier alpha value is -1.32.